The number of carbonyl (C=O) groups is 2. The summed E-state index contributed by atoms with van der Waals surface area (Å²) < 4.78 is 0. The van der Waals surface area contributed by atoms with Crippen molar-refractivity contribution >= 4 is 23.5 Å². The van der Waals surface area contributed by atoms with Crippen LogP contribution in [0.5, 0.6) is 0 Å². The van der Waals surface area contributed by atoms with Gasteiger partial charge in [-0.2, -0.15) is 5.10 Å². The fraction of sp³-hybridized carbons (Fsp3) is 0.389. The summed E-state index contributed by atoms with van der Waals surface area (Å²) in [5.41, 5.74) is 0.909. The van der Waals surface area contributed by atoms with Crippen LogP contribution in [0.15, 0.2) is 30.5 Å². The van der Waals surface area contributed by atoms with Gasteiger partial charge in [-0.15, -0.1) is 0 Å². The SMILES string of the molecule is O=C(c1cn[nH]c1-c1ccccc1Cl)N1C[C@@H]2CCC[C@@]2(C(=O)O)C1. The molecule has 2 aromatic rings. The number of H-pyrrole nitrogens is 1. The average Bonchev–Trinajstić information content (AvgIpc) is 3.28. The van der Waals surface area contributed by atoms with Gasteiger partial charge in [0.05, 0.1) is 22.9 Å². The quantitative estimate of drug-likeness (QED) is 0.881. The van der Waals surface area contributed by atoms with Gasteiger partial charge in [-0.25, -0.2) is 0 Å². The van der Waals surface area contributed by atoms with E-state index in [0.29, 0.717) is 34.8 Å². The minimum Gasteiger partial charge on any atom is -0.481 e. The van der Waals surface area contributed by atoms with E-state index in [9.17, 15) is 14.7 Å². The van der Waals surface area contributed by atoms with Crippen LogP contribution in [-0.2, 0) is 4.79 Å². The lowest BCUT2D eigenvalue weighted by molar-refractivity contribution is -0.149. The molecule has 0 bridgehead atoms. The molecule has 1 aliphatic heterocycles. The Hall–Kier alpha value is -2.34. The topological polar surface area (TPSA) is 86.3 Å². The number of hydrogen-bond acceptors (Lipinski definition) is 3. The predicted octanol–water partition coefficient (Wildman–Crippen LogP) is 3.06. The van der Waals surface area contributed by atoms with Gasteiger partial charge in [0.15, 0.2) is 0 Å². The molecule has 2 heterocycles. The maximum Gasteiger partial charge on any atom is 0.311 e. The Morgan fingerprint density at radius 1 is 1.36 bits per heavy atom. The fourth-order valence-electron chi connectivity index (χ4n) is 4.28. The number of aliphatic carboxylic acids is 1. The molecule has 25 heavy (non-hydrogen) atoms. The molecule has 2 aliphatic rings. The summed E-state index contributed by atoms with van der Waals surface area (Å²) in [4.78, 5) is 26.5. The molecule has 6 nitrogen and oxygen atoms in total. The molecule has 0 radical (unpaired) electrons. The van der Waals surface area contributed by atoms with E-state index in [-0.39, 0.29) is 18.4 Å². The smallest absolute Gasteiger partial charge is 0.311 e. The highest BCUT2D eigenvalue weighted by atomic mass is 35.5. The Bertz CT molecular complexity index is 850. The molecule has 2 atom stereocenters. The van der Waals surface area contributed by atoms with Crippen LogP contribution >= 0.6 is 11.6 Å². The largest absolute Gasteiger partial charge is 0.481 e. The zero-order valence-corrected chi connectivity index (χ0v) is 14.3. The van der Waals surface area contributed by atoms with E-state index >= 15 is 0 Å². The monoisotopic (exact) mass is 359 g/mol. The minimum atomic E-state index is -0.788. The Kier molecular flexibility index (Phi) is 3.80. The van der Waals surface area contributed by atoms with Gasteiger partial charge in [0.1, 0.15) is 0 Å². The van der Waals surface area contributed by atoms with Crippen molar-refractivity contribution < 1.29 is 14.7 Å². The van der Waals surface area contributed by atoms with E-state index in [0.717, 1.165) is 12.8 Å². The van der Waals surface area contributed by atoms with E-state index in [1.54, 1.807) is 11.0 Å². The van der Waals surface area contributed by atoms with Crippen molar-refractivity contribution in [3.05, 3.63) is 41.0 Å². The van der Waals surface area contributed by atoms with E-state index in [1.807, 2.05) is 18.2 Å². The van der Waals surface area contributed by atoms with Gasteiger partial charge in [0.2, 0.25) is 0 Å². The van der Waals surface area contributed by atoms with Gasteiger partial charge >= 0.3 is 5.97 Å². The van der Waals surface area contributed by atoms with E-state index in [4.69, 9.17) is 11.6 Å². The number of rotatable bonds is 3. The van der Waals surface area contributed by atoms with Crippen LogP contribution in [0.2, 0.25) is 5.02 Å². The number of amides is 1. The molecule has 1 saturated heterocycles. The lowest BCUT2D eigenvalue weighted by Crippen LogP contribution is -2.37. The van der Waals surface area contributed by atoms with Crippen molar-refractivity contribution in [2.75, 3.05) is 13.1 Å². The molecule has 0 unspecified atom stereocenters. The minimum absolute atomic E-state index is 0.0321. The van der Waals surface area contributed by atoms with Gasteiger partial charge in [0.25, 0.3) is 5.91 Å². The number of carboxylic acids is 1. The number of benzene rings is 1. The van der Waals surface area contributed by atoms with Crippen molar-refractivity contribution in [2.24, 2.45) is 11.3 Å². The maximum atomic E-state index is 13.0. The summed E-state index contributed by atoms with van der Waals surface area (Å²) in [7, 11) is 0. The van der Waals surface area contributed by atoms with Crippen LogP contribution in [0.25, 0.3) is 11.3 Å². The molecule has 2 N–H and O–H groups in total. The number of likely N-dealkylation sites (tertiary alicyclic amines) is 1. The molecule has 1 aromatic carbocycles. The normalized spacial score (nSPS) is 25.2. The van der Waals surface area contributed by atoms with Gasteiger partial charge in [0, 0.05) is 23.7 Å². The maximum absolute atomic E-state index is 13.0. The van der Waals surface area contributed by atoms with Crippen LogP contribution in [0.3, 0.4) is 0 Å². The first-order valence-corrected chi connectivity index (χ1v) is 8.71. The van der Waals surface area contributed by atoms with Crippen LogP contribution in [0, 0.1) is 11.3 Å². The number of nitrogens with one attached hydrogen (secondary N) is 1. The number of carboxylic acid groups (broad SMARTS) is 1. The Balaban J connectivity index is 1.65. The summed E-state index contributed by atoms with van der Waals surface area (Å²) in [6.07, 6.45) is 3.90. The van der Waals surface area contributed by atoms with Gasteiger partial charge in [-0.1, -0.05) is 36.2 Å². The number of carbonyl (C=O) groups excluding carboxylic acids is 1. The molecule has 1 aromatic heterocycles. The molecule has 2 fully saturated rings. The molecule has 1 saturated carbocycles. The van der Waals surface area contributed by atoms with Crippen molar-refractivity contribution in [1.29, 1.82) is 0 Å². The Labute approximate surface area is 149 Å². The Morgan fingerprint density at radius 3 is 2.88 bits per heavy atom. The van der Waals surface area contributed by atoms with Crippen LogP contribution in [-0.4, -0.2) is 45.2 Å². The third-order valence-corrected chi connectivity index (χ3v) is 5.93. The number of aromatic amines is 1. The number of halogens is 1. The summed E-state index contributed by atoms with van der Waals surface area (Å²) in [5, 5.41) is 17.1. The number of nitrogens with zero attached hydrogens (tertiary/aromatic N) is 2. The molecule has 0 spiro atoms. The second-order valence-electron chi connectivity index (χ2n) is 6.87. The lowest BCUT2D eigenvalue weighted by atomic mass is 9.81. The summed E-state index contributed by atoms with van der Waals surface area (Å²) in [6.45, 7) is 0.747. The second kappa shape index (κ2) is 5.88. The first kappa shape index (κ1) is 16.1. The summed E-state index contributed by atoms with van der Waals surface area (Å²) in [5.74, 6) is -0.952. The van der Waals surface area contributed by atoms with E-state index < -0.39 is 11.4 Å². The third kappa shape index (κ3) is 2.43. The van der Waals surface area contributed by atoms with Crippen molar-refractivity contribution in [1.82, 2.24) is 15.1 Å². The molecule has 130 valence electrons. The summed E-state index contributed by atoms with van der Waals surface area (Å²) >= 11 is 6.24. The third-order valence-electron chi connectivity index (χ3n) is 5.60. The predicted molar refractivity (Wildman–Crippen MR) is 92.3 cm³/mol. The number of aromatic nitrogens is 2. The van der Waals surface area contributed by atoms with Gasteiger partial charge in [-0.05, 0) is 24.8 Å². The van der Waals surface area contributed by atoms with E-state index in [1.165, 1.54) is 6.20 Å². The first-order valence-electron chi connectivity index (χ1n) is 8.34. The zero-order chi connectivity index (χ0) is 17.6. The fourth-order valence-corrected chi connectivity index (χ4v) is 4.51. The zero-order valence-electron chi connectivity index (χ0n) is 13.5. The van der Waals surface area contributed by atoms with Gasteiger partial charge in [-0.3, -0.25) is 14.7 Å². The lowest BCUT2D eigenvalue weighted by Gasteiger charge is -2.23. The summed E-state index contributed by atoms with van der Waals surface area (Å²) in [6, 6.07) is 7.24. The first-order chi connectivity index (χ1) is 12.0. The standard InChI is InChI=1S/C18H18ClN3O3/c19-14-6-2-1-5-12(14)15-13(8-20-21-15)16(23)22-9-11-4-3-7-18(11,10-22)17(24)25/h1-2,5-6,8,11H,3-4,7,9-10H2,(H,20,21)(H,24,25)/t11-,18+/m0/s1. The average molecular weight is 360 g/mol. The second-order valence-corrected chi connectivity index (χ2v) is 7.28. The number of fused-ring (bicyclic) bond motifs is 1. The molecular formula is C18H18ClN3O3. The number of hydrogen-bond donors (Lipinski definition) is 2. The molecule has 1 aliphatic carbocycles. The molecule has 1 amide bonds. The Morgan fingerprint density at radius 2 is 2.16 bits per heavy atom. The molecular weight excluding hydrogens is 342 g/mol. The highest BCUT2D eigenvalue weighted by Crippen LogP contribution is 2.49. The van der Waals surface area contributed by atoms with Crippen molar-refractivity contribution in [3.63, 3.8) is 0 Å². The van der Waals surface area contributed by atoms with Crippen molar-refractivity contribution in [3.8, 4) is 11.3 Å². The molecule has 7 heteroatoms. The highest BCUT2D eigenvalue weighted by molar-refractivity contribution is 6.33. The van der Waals surface area contributed by atoms with Crippen LogP contribution in [0.1, 0.15) is 29.6 Å². The van der Waals surface area contributed by atoms with Gasteiger partial charge < -0.3 is 10.0 Å². The van der Waals surface area contributed by atoms with Crippen LogP contribution < -0.4 is 0 Å². The van der Waals surface area contributed by atoms with Crippen molar-refractivity contribution in [2.45, 2.75) is 19.3 Å². The highest BCUT2D eigenvalue weighted by Gasteiger charge is 2.56. The molecule has 4 rings (SSSR count). The van der Waals surface area contributed by atoms with Crippen LogP contribution in [0.4, 0.5) is 0 Å². The van der Waals surface area contributed by atoms with E-state index in [2.05, 4.69) is 10.2 Å².